The lowest BCUT2D eigenvalue weighted by atomic mass is 10.0. The van der Waals surface area contributed by atoms with Gasteiger partial charge in [-0.15, -0.1) is 0 Å². The predicted molar refractivity (Wildman–Crippen MR) is 119 cm³/mol. The molecular formula is C24H19BrN2O. The van der Waals surface area contributed by atoms with Crippen molar-refractivity contribution in [3.05, 3.63) is 94.0 Å². The molecule has 28 heavy (non-hydrogen) atoms. The number of aromatic nitrogens is 1. The lowest BCUT2D eigenvalue weighted by Crippen LogP contribution is -2.13. The number of hydrogen-bond acceptors (Lipinski definition) is 2. The maximum absolute atomic E-state index is 13.1. The van der Waals surface area contributed by atoms with Crippen LogP contribution in [-0.4, -0.2) is 10.9 Å². The topological polar surface area (TPSA) is 42.0 Å². The van der Waals surface area contributed by atoms with Crippen molar-refractivity contribution in [3.63, 3.8) is 0 Å². The first-order valence-corrected chi connectivity index (χ1v) is 9.85. The van der Waals surface area contributed by atoms with Gasteiger partial charge in [-0.3, -0.25) is 4.79 Å². The second kappa shape index (κ2) is 7.56. The van der Waals surface area contributed by atoms with Gasteiger partial charge in [0.2, 0.25) is 0 Å². The number of anilines is 1. The lowest BCUT2D eigenvalue weighted by molar-refractivity contribution is 0.102. The summed E-state index contributed by atoms with van der Waals surface area (Å²) in [5.41, 5.74) is 6.39. The summed E-state index contributed by atoms with van der Waals surface area (Å²) in [5.74, 6) is -0.151. The molecule has 4 heteroatoms. The molecule has 0 atom stereocenters. The van der Waals surface area contributed by atoms with Gasteiger partial charge in [0, 0.05) is 21.1 Å². The van der Waals surface area contributed by atoms with Crippen LogP contribution in [0.4, 0.5) is 5.69 Å². The summed E-state index contributed by atoms with van der Waals surface area (Å²) >= 11 is 3.44. The molecule has 0 unspecified atom stereocenters. The number of para-hydroxylation sites is 1. The van der Waals surface area contributed by atoms with Crippen LogP contribution in [0, 0.1) is 13.8 Å². The number of nitrogens with zero attached hydrogens (tertiary/aromatic N) is 1. The largest absolute Gasteiger partial charge is 0.322 e. The van der Waals surface area contributed by atoms with Gasteiger partial charge in [-0.2, -0.15) is 0 Å². The summed E-state index contributed by atoms with van der Waals surface area (Å²) in [5, 5.41) is 3.83. The number of fused-ring (bicyclic) bond motifs is 1. The summed E-state index contributed by atoms with van der Waals surface area (Å²) in [7, 11) is 0. The molecule has 1 N–H and O–H groups in total. The van der Waals surface area contributed by atoms with E-state index in [1.54, 1.807) is 0 Å². The number of amides is 1. The normalized spacial score (nSPS) is 10.8. The molecule has 138 valence electrons. The first-order valence-electron chi connectivity index (χ1n) is 9.05. The van der Waals surface area contributed by atoms with Crippen LogP contribution >= 0.6 is 15.9 Å². The standard InChI is InChI=1S/C24H19BrN2O/c1-15-10-11-17(12-16(15)2)23-14-21(20-8-3-4-9-22(20)27-23)24(28)26-19-7-5-6-18(25)13-19/h3-14H,1-2H3,(H,26,28). The quantitative estimate of drug-likeness (QED) is 0.401. The molecule has 0 bridgehead atoms. The highest BCUT2D eigenvalue weighted by Crippen LogP contribution is 2.27. The lowest BCUT2D eigenvalue weighted by Gasteiger charge is -2.12. The Morgan fingerprint density at radius 3 is 2.50 bits per heavy atom. The molecule has 3 aromatic carbocycles. The van der Waals surface area contributed by atoms with Crippen molar-refractivity contribution in [2.24, 2.45) is 0 Å². The fraction of sp³-hybridized carbons (Fsp3) is 0.0833. The van der Waals surface area contributed by atoms with E-state index < -0.39 is 0 Å². The molecule has 0 aliphatic rings. The van der Waals surface area contributed by atoms with Gasteiger partial charge in [0.05, 0.1) is 16.8 Å². The summed E-state index contributed by atoms with van der Waals surface area (Å²) < 4.78 is 0.917. The van der Waals surface area contributed by atoms with Crippen molar-refractivity contribution in [1.82, 2.24) is 4.98 Å². The van der Waals surface area contributed by atoms with Gasteiger partial charge in [-0.1, -0.05) is 52.3 Å². The molecule has 0 saturated heterocycles. The maximum Gasteiger partial charge on any atom is 0.256 e. The zero-order valence-electron chi connectivity index (χ0n) is 15.7. The molecule has 0 radical (unpaired) electrons. The average molecular weight is 431 g/mol. The van der Waals surface area contributed by atoms with E-state index in [0.717, 1.165) is 32.3 Å². The predicted octanol–water partition coefficient (Wildman–Crippen LogP) is 6.53. The third-order valence-corrected chi connectivity index (χ3v) is 5.34. The highest BCUT2D eigenvalue weighted by molar-refractivity contribution is 9.10. The summed E-state index contributed by atoms with van der Waals surface area (Å²) in [4.78, 5) is 17.9. The fourth-order valence-electron chi connectivity index (χ4n) is 3.18. The molecule has 0 fully saturated rings. The van der Waals surface area contributed by atoms with Gasteiger partial charge in [-0.05, 0) is 61.4 Å². The number of carbonyl (C=O) groups is 1. The van der Waals surface area contributed by atoms with E-state index >= 15 is 0 Å². The van der Waals surface area contributed by atoms with E-state index in [2.05, 4.69) is 53.3 Å². The smallest absolute Gasteiger partial charge is 0.256 e. The van der Waals surface area contributed by atoms with E-state index in [4.69, 9.17) is 4.98 Å². The van der Waals surface area contributed by atoms with E-state index in [-0.39, 0.29) is 5.91 Å². The SMILES string of the molecule is Cc1ccc(-c2cc(C(=O)Nc3cccc(Br)c3)c3ccccc3n2)cc1C. The van der Waals surface area contributed by atoms with Gasteiger partial charge < -0.3 is 5.32 Å². The molecule has 0 saturated carbocycles. The Labute approximate surface area is 172 Å². The Hall–Kier alpha value is -2.98. The Kier molecular flexibility index (Phi) is 4.97. The number of nitrogens with one attached hydrogen (secondary N) is 1. The van der Waals surface area contributed by atoms with Crippen LogP contribution in [0.3, 0.4) is 0 Å². The third-order valence-electron chi connectivity index (χ3n) is 4.85. The molecule has 3 nitrogen and oxygen atoms in total. The zero-order chi connectivity index (χ0) is 19.7. The van der Waals surface area contributed by atoms with E-state index in [0.29, 0.717) is 5.56 Å². The van der Waals surface area contributed by atoms with Crippen LogP contribution in [0.5, 0.6) is 0 Å². The van der Waals surface area contributed by atoms with Crippen molar-refractivity contribution >= 4 is 38.4 Å². The van der Waals surface area contributed by atoms with Crippen LogP contribution in [0.1, 0.15) is 21.5 Å². The minimum Gasteiger partial charge on any atom is -0.322 e. The monoisotopic (exact) mass is 430 g/mol. The first-order chi connectivity index (χ1) is 13.5. The van der Waals surface area contributed by atoms with Crippen molar-refractivity contribution in [3.8, 4) is 11.3 Å². The van der Waals surface area contributed by atoms with Gasteiger partial charge >= 0.3 is 0 Å². The van der Waals surface area contributed by atoms with Crippen LogP contribution < -0.4 is 5.32 Å². The van der Waals surface area contributed by atoms with Crippen molar-refractivity contribution < 1.29 is 4.79 Å². The van der Waals surface area contributed by atoms with Gasteiger partial charge in [0.15, 0.2) is 0 Å². The molecule has 1 heterocycles. The third kappa shape index (κ3) is 3.69. The summed E-state index contributed by atoms with van der Waals surface area (Å²) in [6, 6.07) is 23.4. The summed E-state index contributed by atoms with van der Waals surface area (Å²) in [6.07, 6.45) is 0. The fourth-order valence-corrected chi connectivity index (χ4v) is 3.58. The molecule has 4 aromatic rings. The van der Waals surface area contributed by atoms with E-state index in [1.165, 1.54) is 11.1 Å². The van der Waals surface area contributed by atoms with Crippen molar-refractivity contribution in [1.29, 1.82) is 0 Å². The number of benzene rings is 3. The zero-order valence-corrected chi connectivity index (χ0v) is 17.2. The maximum atomic E-state index is 13.1. The first kappa shape index (κ1) is 18.4. The molecular weight excluding hydrogens is 412 g/mol. The number of pyridine rings is 1. The van der Waals surface area contributed by atoms with Crippen LogP contribution in [-0.2, 0) is 0 Å². The van der Waals surface area contributed by atoms with Gasteiger partial charge in [0.1, 0.15) is 0 Å². The van der Waals surface area contributed by atoms with Crippen LogP contribution in [0.2, 0.25) is 0 Å². The second-order valence-corrected chi connectivity index (χ2v) is 7.75. The van der Waals surface area contributed by atoms with Crippen LogP contribution in [0.25, 0.3) is 22.2 Å². The number of carbonyl (C=O) groups excluding carboxylic acids is 1. The van der Waals surface area contributed by atoms with E-state index in [9.17, 15) is 4.79 Å². The Balaban J connectivity index is 1.82. The Bertz CT molecular complexity index is 1200. The van der Waals surface area contributed by atoms with Gasteiger partial charge in [0.25, 0.3) is 5.91 Å². The Morgan fingerprint density at radius 1 is 0.893 bits per heavy atom. The molecule has 0 aliphatic carbocycles. The molecule has 4 rings (SSSR count). The molecule has 1 amide bonds. The highest BCUT2D eigenvalue weighted by Gasteiger charge is 2.14. The van der Waals surface area contributed by atoms with E-state index in [1.807, 2.05) is 54.6 Å². The number of aryl methyl sites for hydroxylation is 2. The number of halogens is 1. The average Bonchev–Trinajstić information content (AvgIpc) is 2.69. The molecule has 1 aromatic heterocycles. The number of hydrogen-bond donors (Lipinski definition) is 1. The second-order valence-electron chi connectivity index (χ2n) is 6.84. The highest BCUT2D eigenvalue weighted by atomic mass is 79.9. The van der Waals surface area contributed by atoms with Crippen molar-refractivity contribution in [2.75, 3.05) is 5.32 Å². The molecule has 0 spiro atoms. The summed E-state index contributed by atoms with van der Waals surface area (Å²) in [6.45, 7) is 4.17. The van der Waals surface area contributed by atoms with Crippen molar-refractivity contribution in [2.45, 2.75) is 13.8 Å². The minimum atomic E-state index is -0.151. The van der Waals surface area contributed by atoms with Gasteiger partial charge in [-0.25, -0.2) is 4.98 Å². The minimum absolute atomic E-state index is 0.151. The number of rotatable bonds is 3. The Morgan fingerprint density at radius 2 is 1.71 bits per heavy atom. The molecule has 0 aliphatic heterocycles. The van der Waals surface area contributed by atoms with Crippen LogP contribution in [0.15, 0.2) is 77.3 Å².